The highest BCUT2D eigenvalue weighted by Gasteiger charge is 2.07. The van der Waals surface area contributed by atoms with E-state index >= 15 is 0 Å². The summed E-state index contributed by atoms with van der Waals surface area (Å²) < 4.78 is 5.61. The van der Waals surface area contributed by atoms with Gasteiger partial charge in [0.1, 0.15) is 12.0 Å². The third kappa shape index (κ3) is 9.16. The normalized spacial score (nSPS) is 11.4. The molecule has 2 rings (SSSR count). The van der Waals surface area contributed by atoms with Crippen LogP contribution in [0.25, 0.3) is 11.5 Å². The minimum Gasteiger partial charge on any atom is -0.444 e. The van der Waals surface area contributed by atoms with Crippen molar-refractivity contribution in [3.8, 4) is 11.5 Å². The Balaban J connectivity index is 0.00000420. The number of aliphatic imine (C=N–C) groups is 1. The second-order valence-electron chi connectivity index (χ2n) is 6.87. The molecule has 0 saturated heterocycles. The largest absolute Gasteiger partial charge is 0.444 e. The van der Waals surface area contributed by atoms with E-state index < -0.39 is 0 Å². The number of halogens is 1. The average molecular weight is 513 g/mol. The van der Waals surface area contributed by atoms with Crippen molar-refractivity contribution in [2.75, 3.05) is 32.7 Å². The minimum absolute atomic E-state index is 0. The number of aryl methyl sites for hydroxylation is 1. The topological polar surface area (TPSA) is 65.7 Å². The van der Waals surface area contributed by atoms with Gasteiger partial charge >= 0.3 is 0 Å². The summed E-state index contributed by atoms with van der Waals surface area (Å²) in [7, 11) is 0. The first-order chi connectivity index (χ1) is 13.7. The van der Waals surface area contributed by atoms with Crippen LogP contribution in [0.3, 0.4) is 0 Å². The smallest absolute Gasteiger partial charge is 0.226 e. The number of benzene rings is 1. The number of nitrogens with zero attached hydrogens (tertiary/aromatic N) is 3. The van der Waals surface area contributed by atoms with Crippen LogP contribution in [0.5, 0.6) is 0 Å². The van der Waals surface area contributed by atoms with E-state index in [2.05, 4.69) is 65.3 Å². The van der Waals surface area contributed by atoms with Crippen LogP contribution in [0.4, 0.5) is 0 Å². The Morgan fingerprint density at radius 1 is 1.07 bits per heavy atom. The van der Waals surface area contributed by atoms with E-state index in [1.807, 2.05) is 12.1 Å². The summed E-state index contributed by atoms with van der Waals surface area (Å²) in [5, 5.41) is 6.70. The van der Waals surface area contributed by atoms with Gasteiger partial charge in [-0.3, -0.25) is 0 Å². The van der Waals surface area contributed by atoms with Gasteiger partial charge in [-0.05, 0) is 58.5 Å². The molecule has 0 amide bonds. The van der Waals surface area contributed by atoms with Gasteiger partial charge in [-0.2, -0.15) is 0 Å². The molecule has 0 unspecified atom stereocenters. The van der Waals surface area contributed by atoms with Crippen molar-refractivity contribution < 1.29 is 4.42 Å². The summed E-state index contributed by atoms with van der Waals surface area (Å²) in [6.07, 6.45) is 4.01. The molecule has 0 atom stereocenters. The zero-order valence-corrected chi connectivity index (χ0v) is 20.5. The molecule has 2 N–H and O–H groups in total. The molecule has 0 saturated carbocycles. The van der Waals surface area contributed by atoms with E-state index in [9.17, 15) is 0 Å². The molecule has 29 heavy (non-hydrogen) atoms. The molecule has 0 radical (unpaired) electrons. The molecule has 0 aliphatic rings. The molecule has 0 aliphatic carbocycles. The summed E-state index contributed by atoms with van der Waals surface area (Å²) in [5.41, 5.74) is 3.03. The molecular weight excluding hydrogens is 477 g/mol. The maximum atomic E-state index is 5.61. The lowest BCUT2D eigenvalue weighted by Crippen LogP contribution is -2.38. The van der Waals surface area contributed by atoms with E-state index in [1.165, 1.54) is 12.0 Å². The fourth-order valence-corrected chi connectivity index (χ4v) is 2.92. The maximum absolute atomic E-state index is 5.61. The molecule has 0 spiro atoms. The zero-order chi connectivity index (χ0) is 20.2. The third-order valence-electron chi connectivity index (χ3n) is 4.68. The summed E-state index contributed by atoms with van der Waals surface area (Å²) in [5.74, 6) is 1.46. The first kappa shape index (κ1) is 25.4. The SMILES string of the molecule is CCNC(=NCc1coc(-c2ccc(C)cc2)n1)NCCCCN(CC)CC.I. The van der Waals surface area contributed by atoms with Gasteiger partial charge in [0, 0.05) is 18.7 Å². The molecule has 1 aromatic heterocycles. The molecule has 1 aromatic carbocycles. The number of guanidine groups is 1. The van der Waals surface area contributed by atoms with Gasteiger partial charge < -0.3 is 20.0 Å². The Bertz CT molecular complexity index is 710. The van der Waals surface area contributed by atoms with Crippen molar-refractivity contribution in [2.24, 2.45) is 4.99 Å². The van der Waals surface area contributed by atoms with Gasteiger partial charge in [-0.15, -0.1) is 24.0 Å². The zero-order valence-electron chi connectivity index (χ0n) is 18.2. The van der Waals surface area contributed by atoms with Crippen LogP contribution < -0.4 is 10.6 Å². The Morgan fingerprint density at radius 2 is 1.79 bits per heavy atom. The minimum atomic E-state index is 0. The predicted molar refractivity (Wildman–Crippen MR) is 132 cm³/mol. The quantitative estimate of drug-likeness (QED) is 0.201. The second-order valence-corrected chi connectivity index (χ2v) is 6.87. The number of unbranched alkanes of at least 4 members (excludes halogenated alkanes) is 1. The van der Waals surface area contributed by atoms with Crippen molar-refractivity contribution >= 4 is 29.9 Å². The van der Waals surface area contributed by atoms with Gasteiger partial charge in [0.2, 0.25) is 5.89 Å². The fraction of sp³-hybridized carbons (Fsp3) is 0.545. The van der Waals surface area contributed by atoms with Gasteiger partial charge in [0.15, 0.2) is 5.96 Å². The highest BCUT2D eigenvalue weighted by molar-refractivity contribution is 14.0. The van der Waals surface area contributed by atoms with Gasteiger partial charge in [-0.1, -0.05) is 31.5 Å². The van der Waals surface area contributed by atoms with E-state index in [4.69, 9.17) is 4.42 Å². The van der Waals surface area contributed by atoms with Crippen molar-refractivity contribution in [1.29, 1.82) is 0 Å². The first-order valence-corrected chi connectivity index (χ1v) is 10.4. The molecule has 0 fully saturated rings. The lowest BCUT2D eigenvalue weighted by Gasteiger charge is -2.17. The Labute approximate surface area is 192 Å². The predicted octanol–water partition coefficient (Wildman–Crippen LogP) is 4.45. The van der Waals surface area contributed by atoms with E-state index in [1.54, 1.807) is 6.26 Å². The molecule has 7 heteroatoms. The van der Waals surface area contributed by atoms with Crippen LogP contribution in [0, 0.1) is 6.92 Å². The molecular formula is C22H36IN5O. The molecule has 6 nitrogen and oxygen atoms in total. The molecule has 162 valence electrons. The lowest BCUT2D eigenvalue weighted by atomic mass is 10.1. The Hall–Kier alpha value is -1.61. The number of hydrogen-bond donors (Lipinski definition) is 2. The van der Waals surface area contributed by atoms with Crippen molar-refractivity contribution in [3.63, 3.8) is 0 Å². The third-order valence-corrected chi connectivity index (χ3v) is 4.68. The lowest BCUT2D eigenvalue weighted by molar-refractivity contribution is 0.297. The van der Waals surface area contributed by atoms with Crippen molar-refractivity contribution in [1.82, 2.24) is 20.5 Å². The van der Waals surface area contributed by atoms with Gasteiger partial charge in [0.05, 0.1) is 6.54 Å². The number of rotatable bonds is 11. The van der Waals surface area contributed by atoms with Crippen LogP contribution in [-0.2, 0) is 6.54 Å². The van der Waals surface area contributed by atoms with E-state index in [0.717, 1.165) is 56.4 Å². The highest BCUT2D eigenvalue weighted by atomic mass is 127. The van der Waals surface area contributed by atoms with Crippen LogP contribution in [-0.4, -0.2) is 48.6 Å². The van der Waals surface area contributed by atoms with Crippen molar-refractivity contribution in [2.45, 2.75) is 47.1 Å². The standard InChI is InChI=1S/C22H35N5O.HI/c1-5-23-22(24-14-8-9-15-27(6-2)7-3)25-16-20-17-28-21(26-20)19-12-10-18(4)11-13-19;/h10-13,17H,5-9,14-16H2,1-4H3,(H2,23,24,25);1H. The monoisotopic (exact) mass is 513 g/mol. The highest BCUT2D eigenvalue weighted by Crippen LogP contribution is 2.19. The average Bonchev–Trinajstić information content (AvgIpc) is 3.18. The maximum Gasteiger partial charge on any atom is 0.226 e. The van der Waals surface area contributed by atoms with E-state index in [-0.39, 0.29) is 24.0 Å². The second kappa shape index (κ2) is 14.4. The first-order valence-electron chi connectivity index (χ1n) is 10.4. The summed E-state index contributed by atoms with van der Waals surface area (Å²) in [6.45, 7) is 14.2. The summed E-state index contributed by atoms with van der Waals surface area (Å²) in [6, 6.07) is 8.17. The van der Waals surface area contributed by atoms with Crippen molar-refractivity contribution in [3.05, 3.63) is 41.8 Å². The summed E-state index contributed by atoms with van der Waals surface area (Å²) in [4.78, 5) is 11.6. The molecule has 2 aromatic rings. The van der Waals surface area contributed by atoms with Crippen LogP contribution >= 0.6 is 24.0 Å². The summed E-state index contributed by atoms with van der Waals surface area (Å²) >= 11 is 0. The molecule has 1 heterocycles. The van der Waals surface area contributed by atoms with E-state index in [0.29, 0.717) is 12.4 Å². The van der Waals surface area contributed by atoms with Crippen LogP contribution in [0.1, 0.15) is 44.9 Å². The molecule has 0 bridgehead atoms. The molecule has 0 aliphatic heterocycles. The van der Waals surface area contributed by atoms with Gasteiger partial charge in [0.25, 0.3) is 0 Å². The number of oxazole rings is 1. The fourth-order valence-electron chi connectivity index (χ4n) is 2.92. The van der Waals surface area contributed by atoms with Gasteiger partial charge in [-0.25, -0.2) is 9.98 Å². The number of hydrogen-bond acceptors (Lipinski definition) is 4. The Kier molecular flexibility index (Phi) is 12.6. The number of aromatic nitrogens is 1. The number of nitrogens with one attached hydrogen (secondary N) is 2. The Morgan fingerprint density at radius 3 is 2.45 bits per heavy atom. The van der Waals surface area contributed by atoms with Crippen LogP contribution in [0.2, 0.25) is 0 Å². The van der Waals surface area contributed by atoms with Crippen LogP contribution in [0.15, 0.2) is 39.9 Å².